The number of benzene rings is 1. The number of ether oxygens (including phenoxy) is 2. The molecular weight excluding hydrogens is 328 g/mol. The summed E-state index contributed by atoms with van der Waals surface area (Å²) in [6.45, 7) is 6.16. The summed E-state index contributed by atoms with van der Waals surface area (Å²) < 4.78 is 10.9. The molecule has 0 aliphatic heterocycles. The second-order valence-electron chi connectivity index (χ2n) is 5.99. The van der Waals surface area contributed by atoms with Gasteiger partial charge in [0, 0.05) is 5.39 Å². The van der Waals surface area contributed by atoms with Crippen molar-refractivity contribution in [3.63, 3.8) is 0 Å². The Balaban J connectivity index is 1.92. The Labute approximate surface area is 155 Å². The topological polar surface area (TPSA) is 60.5 Å². The summed E-state index contributed by atoms with van der Waals surface area (Å²) in [5.41, 5.74) is 2.00. The van der Waals surface area contributed by atoms with Crippen molar-refractivity contribution >= 4 is 16.9 Å². The Kier molecular flexibility index (Phi) is 7.91. The number of hydrogen-bond donors (Lipinski definition) is 1. The first-order valence-corrected chi connectivity index (χ1v) is 9.01. The third-order valence-electron chi connectivity index (χ3n) is 3.97. The molecule has 26 heavy (non-hydrogen) atoms. The van der Waals surface area contributed by atoms with Gasteiger partial charge >= 0.3 is 5.97 Å². The summed E-state index contributed by atoms with van der Waals surface area (Å²) in [5, 5.41) is 4.04. The highest BCUT2D eigenvalue weighted by atomic mass is 16.5. The molecule has 5 nitrogen and oxygen atoms in total. The van der Waals surface area contributed by atoms with Gasteiger partial charge in [-0.1, -0.05) is 5.92 Å². The molecule has 0 saturated heterocycles. The number of rotatable bonds is 10. The Morgan fingerprint density at radius 2 is 2.12 bits per heavy atom. The van der Waals surface area contributed by atoms with Crippen molar-refractivity contribution in [2.75, 3.05) is 26.3 Å². The minimum Gasteiger partial charge on any atom is -0.494 e. The SMILES string of the molecule is C#CCNCCCCCOc1ccc2nc(C)c(C(=O)OCC)cc2c1. The molecule has 0 spiro atoms. The number of nitrogens with zero attached hydrogens (tertiary/aromatic N) is 1. The molecule has 0 aliphatic carbocycles. The average Bonchev–Trinajstić information content (AvgIpc) is 2.63. The van der Waals surface area contributed by atoms with E-state index in [1.807, 2.05) is 31.2 Å². The predicted molar refractivity (Wildman–Crippen MR) is 103 cm³/mol. The number of esters is 1. The van der Waals surface area contributed by atoms with Crippen LogP contribution in [0.2, 0.25) is 0 Å². The van der Waals surface area contributed by atoms with Crippen LogP contribution in [0.4, 0.5) is 0 Å². The fraction of sp³-hybridized carbons (Fsp3) is 0.429. The van der Waals surface area contributed by atoms with Gasteiger partial charge < -0.3 is 14.8 Å². The van der Waals surface area contributed by atoms with E-state index in [9.17, 15) is 4.79 Å². The molecule has 0 amide bonds. The maximum atomic E-state index is 12.0. The molecule has 2 aromatic rings. The highest BCUT2D eigenvalue weighted by molar-refractivity contribution is 5.95. The lowest BCUT2D eigenvalue weighted by molar-refractivity contribution is 0.0525. The molecule has 0 radical (unpaired) electrons. The number of carbonyl (C=O) groups is 1. The third-order valence-corrected chi connectivity index (χ3v) is 3.97. The molecule has 2 rings (SSSR count). The summed E-state index contributed by atoms with van der Waals surface area (Å²) in [6, 6.07) is 7.56. The lowest BCUT2D eigenvalue weighted by atomic mass is 10.1. The Bertz CT molecular complexity index is 781. The standard InChI is InChI=1S/C21H26N2O3/c1-4-11-22-12-7-6-8-13-26-18-9-10-20-17(14-18)15-19(16(3)23-20)21(24)25-5-2/h1,9-10,14-15,22H,5-8,11-13H2,2-3H3. The average molecular weight is 354 g/mol. The summed E-state index contributed by atoms with van der Waals surface area (Å²) in [7, 11) is 0. The van der Waals surface area contributed by atoms with E-state index >= 15 is 0 Å². The van der Waals surface area contributed by atoms with Crippen molar-refractivity contribution in [1.82, 2.24) is 10.3 Å². The number of carbonyl (C=O) groups excluding carboxylic acids is 1. The Morgan fingerprint density at radius 3 is 2.88 bits per heavy atom. The minimum atomic E-state index is -0.343. The highest BCUT2D eigenvalue weighted by Gasteiger charge is 2.13. The zero-order valence-corrected chi connectivity index (χ0v) is 15.5. The van der Waals surface area contributed by atoms with E-state index < -0.39 is 0 Å². The van der Waals surface area contributed by atoms with E-state index in [4.69, 9.17) is 15.9 Å². The molecule has 0 bridgehead atoms. The van der Waals surface area contributed by atoms with Crippen molar-refractivity contribution in [3.8, 4) is 18.1 Å². The molecule has 5 heteroatoms. The summed E-state index contributed by atoms with van der Waals surface area (Å²) in [4.78, 5) is 16.5. The van der Waals surface area contributed by atoms with E-state index in [2.05, 4.69) is 16.2 Å². The number of fused-ring (bicyclic) bond motifs is 1. The van der Waals surface area contributed by atoms with Crippen LogP contribution in [-0.2, 0) is 4.74 Å². The lowest BCUT2D eigenvalue weighted by Gasteiger charge is -2.10. The Hall–Kier alpha value is -2.58. The molecule has 1 heterocycles. The lowest BCUT2D eigenvalue weighted by Crippen LogP contribution is -2.15. The van der Waals surface area contributed by atoms with E-state index in [0.717, 1.165) is 42.5 Å². The fourth-order valence-corrected chi connectivity index (χ4v) is 2.64. The highest BCUT2D eigenvalue weighted by Crippen LogP contribution is 2.23. The first-order chi connectivity index (χ1) is 12.7. The molecule has 1 N–H and O–H groups in total. The normalized spacial score (nSPS) is 10.5. The van der Waals surface area contributed by atoms with Crippen molar-refractivity contribution in [2.45, 2.75) is 33.1 Å². The van der Waals surface area contributed by atoms with Gasteiger partial charge in [0.05, 0.1) is 36.5 Å². The summed E-state index contributed by atoms with van der Waals surface area (Å²) in [5.74, 6) is 2.99. The van der Waals surface area contributed by atoms with Crippen LogP contribution < -0.4 is 10.1 Å². The number of pyridine rings is 1. The molecule has 1 aromatic heterocycles. The predicted octanol–water partition coefficient (Wildman–Crippen LogP) is 3.49. The maximum Gasteiger partial charge on any atom is 0.339 e. The van der Waals surface area contributed by atoms with Crippen LogP contribution >= 0.6 is 0 Å². The van der Waals surface area contributed by atoms with Crippen molar-refractivity contribution in [3.05, 3.63) is 35.5 Å². The Morgan fingerprint density at radius 1 is 1.27 bits per heavy atom. The van der Waals surface area contributed by atoms with E-state index in [-0.39, 0.29) is 5.97 Å². The van der Waals surface area contributed by atoms with Gasteiger partial charge in [-0.15, -0.1) is 6.42 Å². The number of nitrogens with one attached hydrogen (secondary N) is 1. The molecule has 0 unspecified atom stereocenters. The van der Waals surface area contributed by atoms with Gasteiger partial charge in [0.2, 0.25) is 0 Å². The van der Waals surface area contributed by atoms with Gasteiger partial charge in [0.15, 0.2) is 0 Å². The van der Waals surface area contributed by atoms with Crippen LogP contribution in [0, 0.1) is 19.3 Å². The molecule has 0 fully saturated rings. The molecule has 0 aliphatic rings. The monoisotopic (exact) mass is 354 g/mol. The van der Waals surface area contributed by atoms with Crippen LogP contribution in [-0.4, -0.2) is 37.3 Å². The zero-order valence-electron chi connectivity index (χ0n) is 15.5. The molecule has 1 aromatic carbocycles. The van der Waals surface area contributed by atoms with Crippen LogP contribution in [0.15, 0.2) is 24.3 Å². The zero-order chi connectivity index (χ0) is 18.8. The smallest absolute Gasteiger partial charge is 0.339 e. The molecule has 138 valence electrons. The van der Waals surface area contributed by atoms with Crippen LogP contribution in [0.3, 0.4) is 0 Å². The quantitative estimate of drug-likeness (QED) is 0.402. The van der Waals surface area contributed by atoms with Crippen molar-refractivity contribution in [2.24, 2.45) is 0 Å². The van der Waals surface area contributed by atoms with Gasteiger partial charge in [-0.05, 0) is 63.9 Å². The number of aryl methyl sites for hydroxylation is 1. The van der Waals surface area contributed by atoms with E-state index in [1.54, 1.807) is 6.92 Å². The van der Waals surface area contributed by atoms with Gasteiger partial charge in [-0.2, -0.15) is 0 Å². The van der Waals surface area contributed by atoms with Crippen LogP contribution in [0.5, 0.6) is 5.75 Å². The number of terminal acetylenes is 1. The molecular formula is C21H26N2O3. The third kappa shape index (κ3) is 5.75. The fourth-order valence-electron chi connectivity index (χ4n) is 2.64. The first-order valence-electron chi connectivity index (χ1n) is 9.01. The van der Waals surface area contributed by atoms with E-state index in [1.165, 1.54) is 0 Å². The van der Waals surface area contributed by atoms with Crippen molar-refractivity contribution < 1.29 is 14.3 Å². The van der Waals surface area contributed by atoms with Crippen LogP contribution in [0.25, 0.3) is 10.9 Å². The van der Waals surface area contributed by atoms with Gasteiger partial charge in [0.1, 0.15) is 5.75 Å². The molecule has 0 saturated carbocycles. The molecule has 0 atom stereocenters. The van der Waals surface area contributed by atoms with Gasteiger partial charge in [-0.25, -0.2) is 4.79 Å². The largest absolute Gasteiger partial charge is 0.494 e. The second kappa shape index (κ2) is 10.4. The van der Waals surface area contributed by atoms with Gasteiger partial charge in [-0.3, -0.25) is 4.98 Å². The van der Waals surface area contributed by atoms with Crippen LogP contribution in [0.1, 0.15) is 42.2 Å². The summed E-state index contributed by atoms with van der Waals surface area (Å²) in [6.07, 6.45) is 8.32. The summed E-state index contributed by atoms with van der Waals surface area (Å²) >= 11 is 0. The number of aromatic nitrogens is 1. The van der Waals surface area contributed by atoms with Crippen molar-refractivity contribution in [1.29, 1.82) is 0 Å². The first kappa shape index (κ1) is 19.7. The number of unbranched alkanes of at least 4 members (excludes halogenated alkanes) is 2. The van der Waals surface area contributed by atoms with Gasteiger partial charge in [0.25, 0.3) is 0 Å². The maximum absolute atomic E-state index is 12.0. The van der Waals surface area contributed by atoms with E-state index in [0.29, 0.717) is 31.0 Å². The number of hydrogen-bond acceptors (Lipinski definition) is 5. The second-order valence-corrected chi connectivity index (χ2v) is 5.99. The minimum absolute atomic E-state index is 0.343.